The molecule has 2 aromatic carbocycles. The fraction of sp³-hybridized carbons (Fsp3) is 0.0714. The quantitative estimate of drug-likeness (QED) is 0.874. The van der Waals surface area contributed by atoms with Crippen molar-refractivity contribution >= 4 is 28.8 Å². The molecule has 0 aromatic heterocycles. The molecule has 0 aliphatic carbocycles. The van der Waals surface area contributed by atoms with Crippen molar-refractivity contribution in [2.75, 3.05) is 0 Å². The highest BCUT2D eigenvalue weighted by Crippen LogP contribution is 2.21. The van der Waals surface area contributed by atoms with Crippen LogP contribution in [0.2, 0.25) is 5.02 Å². The van der Waals surface area contributed by atoms with Gasteiger partial charge in [0, 0.05) is 10.6 Å². The lowest BCUT2D eigenvalue weighted by Gasteiger charge is -2.11. The van der Waals surface area contributed by atoms with Crippen LogP contribution in [-0.4, -0.2) is 4.99 Å². The first-order chi connectivity index (χ1) is 9.08. The van der Waals surface area contributed by atoms with Gasteiger partial charge in [-0.1, -0.05) is 36.0 Å². The highest BCUT2D eigenvalue weighted by molar-refractivity contribution is 7.80. The van der Waals surface area contributed by atoms with Gasteiger partial charge in [0.1, 0.15) is 23.2 Å². The maximum Gasteiger partial charge on any atom is 0.129 e. The largest absolute Gasteiger partial charge is 0.488 e. The zero-order valence-corrected chi connectivity index (χ0v) is 11.5. The normalized spacial score (nSPS) is 10.2. The Labute approximate surface area is 120 Å². The van der Waals surface area contributed by atoms with E-state index in [1.165, 1.54) is 18.2 Å². The van der Waals surface area contributed by atoms with E-state index in [1.54, 1.807) is 24.3 Å². The number of ether oxygens (including phenoxy) is 1. The average Bonchev–Trinajstić information content (AvgIpc) is 2.40. The van der Waals surface area contributed by atoms with Crippen LogP contribution in [-0.2, 0) is 6.61 Å². The summed E-state index contributed by atoms with van der Waals surface area (Å²) in [5.41, 5.74) is 6.60. The molecule has 0 saturated heterocycles. The number of thiocarbonyl (C=S) groups is 1. The Kier molecular flexibility index (Phi) is 4.35. The summed E-state index contributed by atoms with van der Waals surface area (Å²) >= 11 is 10.7. The summed E-state index contributed by atoms with van der Waals surface area (Å²) in [6.07, 6.45) is 0. The fourth-order valence-electron chi connectivity index (χ4n) is 1.61. The molecule has 0 atom stereocenters. The van der Waals surface area contributed by atoms with Crippen LogP contribution in [0.25, 0.3) is 0 Å². The van der Waals surface area contributed by atoms with Crippen LogP contribution in [0.5, 0.6) is 5.75 Å². The highest BCUT2D eigenvalue weighted by Gasteiger charge is 2.08. The minimum atomic E-state index is -0.364. The van der Waals surface area contributed by atoms with Gasteiger partial charge in [0.05, 0.1) is 5.56 Å². The van der Waals surface area contributed by atoms with E-state index in [4.69, 9.17) is 34.3 Å². The first-order valence-electron chi connectivity index (χ1n) is 5.53. The van der Waals surface area contributed by atoms with Crippen molar-refractivity contribution in [3.8, 4) is 5.75 Å². The van der Waals surface area contributed by atoms with E-state index < -0.39 is 0 Å². The van der Waals surface area contributed by atoms with Crippen molar-refractivity contribution in [3.05, 3.63) is 64.4 Å². The molecule has 0 heterocycles. The molecular weight excluding hydrogens is 285 g/mol. The molecule has 0 fully saturated rings. The number of hydrogen-bond acceptors (Lipinski definition) is 2. The predicted molar refractivity (Wildman–Crippen MR) is 78.1 cm³/mol. The van der Waals surface area contributed by atoms with Crippen molar-refractivity contribution in [1.82, 2.24) is 0 Å². The minimum Gasteiger partial charge on any atom is -0.488 e. The third kappa shape index (κ3) is 3.43. The van der Waals surface area contributed by atoms with E-state index in [-0.39, 0.29) is 17.4 Å². The molecule has 0 amide bonds. The standard InChI is InChI=1S/C14H11ClFNOS/c15-10-5-6-12(16)9(7-10)8-18-13-4-2-1-3-11(13)14(17)19/h1-7H,8H2,(H2,17,19). The van der Waals surface area contributed by atoms with Crippen molar-refractivity contribution in [2.24, 2.45) is 5.73 Å². The Bertz CT molecular complexity index is 618. The van der Waals surface area contributed by atoms with Crippen molar-refractivity contribution in [2.45, 2.75) is 6.61 Å². The average molecular weight is 296 g/mol. The van der Waals surface area contributed by atoms with Gasteiger partial charge in [-0.15, -0.1) is 0 Å². The number of benzene rings is 2. The third-order valence-electron chi connectivity index (χ3n) is 2.54. The Hall–Kier alpha value is -1.65. The molecule has 5 heteroatoms. The van der Waals surface area contributed by atoms with Crippen LogP contribution in [0.3, 0.4) is 0 Å². The summed E-state index contributed by atoms with van der Waals surface area (Å²) in [6.45, 7) is 0.0615. The van der Waals surface area contributed by atoms with Crippen molar-refractivity contribution in [1.29, 1.82) is 0 Å². The molecule has 2 N–H and O–H groups in total. The second-order valence-corrected chi connectivity index (χ2v) is 4.76. The highest BCUT2D eigenvalue weighted by atomic mass is 35.5. The number of rotatable bonds is 4. The van der Waals surface area contributed by atoms with E-state index >= 15 is 0 Å². The minimum absolute atomic E-state index is 0.0615. The van der Waals surface area contributed by atoms with Gasteiger partial charge in [0.2, 0.25) is 0 Å². The smallest absolute Gasteiger partial charge is 0.129 e. The van der Waals surface area contributed by atoms with Crippen LogP contribution in [0.4, 0.5) is 4.39 Å². The summed E-state index contributed by atoms with van der Waals surface area (Å²) in [6, 6.07) is 11.4. The summed E-state index contributed by atoms with van der Waals surface area (Å²) < 4.78 is 19.1. The third-order valence-corrected chi connectivity index (χ3v) is 3.00. The molecule has 0 radical (unpaired) electrons. The van der Waals surface area contributed by atoms with Gasteiger partial charge in [-0.05, 0) is 30.3 Å². The van der Waals surface area contributed by atoms with Gasteiger partial charge in [0.25, 0.3) is 0 Å². The second kappa shape index (κ2) is 5.99. The number of nitrogens with two attached hydrogens (primary N) is 1. The molecule has 2 rings (SSSR count). The zero-order valence-electron chi connectivity index (χ0n) is 9.90. The van der Waals surface area contributed by atoms with Crippen molar-refractivity contribution < 1.29 is 9.13 Å². The molecule has 0 spiro atoms. The lowest BCUT2D eigenvalue weighted by atomic mass is 10.2. The van der Waals surface area contributed by atoms with Crippen LogP contribution in [0.1, 0.15) is 11.1 Å². The van der Waals surface area contributed by atoms with Gasteiger partial charge < -0.3 is 10.5 Å². The molecule has 2 nitrogen and oxygen atoms in total. The van der Waals surface area contributed by atoms with Gasteiger partial charge in [-0.25, -0.2) is 4.39 Å². The maximum atomic E-state index is 13.5. The first kappa shape index (κ1) is 13.8. The molecule has 98 valence electrons. The van der Waals surface area contributed by atoms with Crippen LogP contribution in [0, 0.1) is 5.82 Å². The summed E-state index contributed by atoms with van der Waals surface area (Å²) in [4.78, 5) is 0.238. The van der Waals surface area contributed by atoms with Crippen molar-refractivity contribution in [3.63, 3.8) is 0 Å². The Balaban J connectivity index is 2.19. The molecule has 0 aliphatic heterocycles. The fourth-order valence-corrected chi connectivity index (χ4v) is 1.97. The van der Waals surface area contributed by atoms with E-state index in [0.717, 1.165) is 0 Å². The molecule has 2 aromatic rings. The molecule has 0 aliphatic rings. The molecular formula is C14H11ClFNOS. The van der Waals surface area contributed by atoms with Gasteiger partial charge >= 0.3 is 0 Å². The van der Waals surface area contributed by atoms with Gasteiger partial charge in [0.15, 0.2) is 0 Å². The van der Waals surface area contributed by atoms with E-state index in [9.17, 15) is 4.39 Å². The summed E-state index contributed by atoms with van der Waals surface area (Å²) in [5, 5.41) is 0.461. The second-order valence-electron chi connectivity index (χ2n) is 3.88. The van der Waals surface area contributed by atoms with E-state index in [2.05, 4.69) is 0 Å². The Morgan fingerprint density at radius 3 is 2.74 bits per heavy atom. The number of para-hydroxylation sites is 1. The maximum absolute atomic E-state index is 13.5. The first-order valence-corrected chi connectivity index (χ1v) is 6.32. The monoisotopic (exact) mass is 295 g/mol. The van der Waals surface area contributed by atoms with E-state index in [1.807, 2.05) is 0 Å². The lowest BCUT2D eigenvalue weighted by molar-refractivity contribution is 0.299. The van der Waals surface area contributed by atoms with E-state index in [0.29, 0.717) is 21.9 Å². The molecule has 19 heavy (non-hydrogen) atoms. The van der Waals surface area contributed by atoms with Gasteiger partial charge in [-0.2, -0.15) is 0 Å². The Morgan fingerprint density at radius 1 is 1.26 bits per heavy atom. The zero-order chi connectivity index (χ0) is 13.8. The number of halogens is 2. The predicted octanol–water partition coefficient (Wildman–Crippen LogP) is 3.69. The Morgan fingerprint density at radius 2 is 2.00 bits per heavy atom. The lowest BCUT2D eigenvalue weighted by Crippen LogP contribution is -2.11. The molecule has 0 bridgehead atoms. The topological polar surface area (TPSA) is 35.2 Å². The molecule has 0 unspecified atom stereocenters. The number of hydrogen-bond donors (Lipinski definition) is 1. The van der Waals surface area contributed by atoms with Crippen LogP contribution < -0.4 is 10.5 Å². The SMILES string of the molecule is NC(=S)c1ccccc1OCc1cc(Cl)ccc1F. The van der Waals surface area contributed by atoms with Crippen LogP contribution in [0.15, 0.2) is 42.5 Å². The molecule has 0 saturated carbocycles. The van der Waals surface area contributed by atoms with Gasteiger partial charge in [-0.3, -0.25) is 0 Å². The van der Waals surface area contributed by atoms with Crippen LogP contribution >= 0.6 is 23.8 Å². The summed E-state index contributed by atoms with van der Waals surface area (Å²) in [7, 11) is 0. The summed E-state index contributed by atoms with van der Waals surface area (Å²) in [5.74, 6) is 0.159.